The van der Waals surface area contributed by atoms with Gasteiger partial charge in [-0.1, -0.05) is 6.07 Å². The molecule has 1 heterocycles. The second-order valence-electron chi connectivity index (χ2n) is 2.88. The van der Waals surface area contributed by atoms with E-state index in [2.05, 4.69) is 36.1 Å². The summed E-state index contributed by atoms with van der Waals surface area (Å²) >= 11 is 4.29. The summed E-state index contributed by atoms with van der Waals surface area (Å²) in [7, 11) is 0. The quantitative estimate of drug-likeness (QED) is 0.613. The number of halogens is 1. The third-order valence-electron chi connectivity index (χ3n) is 2.08. The van der Waals surface area contributed by atoms with Crippen molar-refractivity contribution < 1.29 is 0 Å². The molecule has 1 aliphatic heterocycles. The number of fused-ring (bicyclic) bond motifs is 1. The highest BCUT2D eigenvalue weighted by molar-refractivity contribution is 7.80. The standard InChI is InChI=1S/C9H11NS.ClH/c11-9-2-1-7-3-4-10-6-8(7)5-9;/h1-2,5,10-11H,3-4,6H2;1H. The zero-order valence-electron chi connectivity index (χ0n) is 6.71. The Morgan fingerprint density at radius 2 is 2.08 bits per heavy atom. The maximum atomic E-state index is 4.29. The number of hydrogen-bond donors (Lipinski definition) is 2. The molecule has 0 amide bonds. The van der Waals surface area contributed by atoms with Crippen LogP contribution >= 0.6 is 25.0 Å². The topological polar surface area (TPSA) is 12.0 Å². The molecule has 12 heavy (non-hydrogen) atoms. The van der Waals surface area contributed by atoms with E-state index in [9.17, 15) is 0 Å². The summed E-state index contributed by atoms with van der Waals surface area (Å²) in [5, 5.41) is 3.33. The molecule has 0 aromatic heterocycles. The molecule has 2 rings (SSSR count). The molecule has 0 bridgehead atoms. The molecule has 1 N–H and O–H groups in total. The maximum absolute atomic E-state index is 4.29. The van der Waals surface area contributed by atoms with Gasteiger partial charge in [-0.15, -0.1) is 25.0 Å². The average molecular weight is 202 g/mol. The molecule has 0 aliphatic carbocycles. The Balaban J connectivity index is 0.000000720. The van der Waals surface area contributed by atoms with Crippen LogP contribution in [0.25, 0.3) is 0 Å². The second kappa shape index (κ2) is 4.17. The molecule has 1 aliphatic rings. The van der Waals surface area contributed by atoms with Crippen LogP contribution in [0.15, 0.2) is 23.1 Å². The highest BCUT2D eigenvalue weighted by Crippen LogP contribution is 2.17. The zero-order chi connectivity index (χ0) is 7.68. The Morgan fingerprint density at radius 3 is 2.92 bits per heavy atom. The highest BCUT2D eigenvalue weighted by atomic mass is 35.5. The lowest BCUT2D eigenvalue weighted by Gasteiger charge is -2.16. The Hall–Kier alpha value is -0.180. The van der Waals surface area contributed by atoms with Crippen molar-refractivity contribution in [2.24, 2.45) is 0 Å². The predicted octanol–water partition coefficient (Wildman–Crippen LogP) is 2.04. The Bertz CT molecular complexity index is 275. The van der Waals surface area contributed by atoms with Crippen LogP contribution in [0.3, 0.4) is 0 Å². The predicted molar refractivity (Wildman–Crippen MR) is 56.4 cm³/mol. The number of rotatable bonds is 0. The van der Waals surface area contributed by atoms with Crippen molar-refractivity contribution in [3.63, 3.8) is 0 Å². The monoisotopic (exact) mass is 201 g/mol. The molecule has 0 unspecified atom stereocenters. The van der Waals surface area contributed by atoms with Crippen molar-refractivity contribution in [3.05, 3.63) is 29.3 Å². The van der Waals surface area contributed by atoms with Crippen molar-refractivity contribution in [2.75, 3.05) is 6.54 Å². The van der Waals surface area contributed by atoms with Crippen molar-refractivity contribution in [2.45, 2.75) is 17.9 Å². The largest absolute Gasteiger partial charge is 0.312 e. The van der Waals surface area contributed by atoms with Crippen LogP contribution in [0.5, 0.6) is 0 Å². The molecule has 66 valence electrons. The molecular formula is C9H12ClNS. The molecule has 1 aromatic rings. The second-order valence-corrected chi connectivity index (χ2v) is 3.40. The first kappa shape index (κ1) is 9.90. The summed E-state index contributed by atoms with van der Waals surface area (Å²) in [6, 6.07) is 6.39. The fourth-order valence-corrected chi connectivity index (χ4v) is 1.70. The van der Waals surface area contributed by atoms with E-state index in [1.165, 1.54) is 11.1 Å². The van der Waals surface area contributed by atoms with Crippen LogP contribution in [-0.2, 0) is 13.0 Å². The van der Waals surface area contributed by atoms with E-state index in [0.29, 0.717) is 0 Å². The smallest absolute Gasteiger partial charge is 0.0208 e. The molecule has 0 saturated heterocycles. The van der Waals surface area contributed by atoms with Gasteiger partial charge in [0.25, 0.3) is 0 Å². The molecular weight excluding hydrogens is 190 g/mol. The summed E-state index contributed by atoms with van der Waals surface area (Å²) in [6.07, 6.45) is 1.16. The summed E-state index contributed by atoms with van der Waals surface area (Å²) in [5.41, 5.74) is 2.88. The molecule has 1 nitrogen and oxygen atoms in total. The van der Waals surface area contributed by atoms with Gasteiger partial charge in [-0.3, -0.25) is 0 Å². The van der Waals surface area contributed by atoms with Gasteiger partial charge in [0.2, 0.25) is 0 Å². The van der Waals surface area contributed by atoms with E-state index in [0.717, 1.165) is 24.4 Å². The van der Waals surface area contributed by atoms with Crippen LogP contribution in [0.4, 0.5) is 0 Å². The molecule has 0 fully saturated rings. The lowest BCUT2D eigenvalue weighted by molar-refractivity contribution is 0.642. The van der Waals surface area contributed by atoms with Crippen molar-refractivity contribution in [3.8, 4) is 0 Å². The SMILES string of the molecule is Cl.Sc1ccc2c(c1)CNCC2. The van der Waals surface area contributed by atoms with Crippen LogP contribution in [0.2, 0.25) is 0 Å². The normalized spacial score (nSPS) is 14.8. The average Bonchev–Trinajstić information content (AvgIpc) is 2.04. The number of hydrogen-bond acceptors (Lipinski definition) is 2. The van der Waals surface area contributed by atoms with E-state index in [1.807, 2.05) is 0 Å². The molecule has 0 radical (unpaired) electrons. The minimum atomic E-state index is 0. The first-order chi connectivity index (χ1) is 5.36. The molecule has 3 heteroatoms. The Morgan fingerprint density at radius 1 is 1.25 bits per heavy atom. The van der Waals surface area contributed by atoms with E-state index in [-0.39, 0.29) is 12.4 Å². The molecule has 0 atom stereocenters. The highest BCUT2D eigenvalue weighted by Gasteiger charge is 2.06. The Kier molecular flexibility index (Phi) is 3.44. The number of thiol groups is 1. The van der Waals surface area contributed by atoms with Crippen molar-refractivity contribution in [1.29, 1.82) is 0 Å². The van der Waals surface area contributed by atoms with Crippen LogP contribution in [0.1, 0.15) is 11.1 Å². The van der Waals surface area contributed by atoms with Gasteiger partial charge in [-0.05, 0) is 36.2 Å². The lowest BCUT2D eigenvalue weighted by atomic mass is 10.0. The number of benzene rings is 1. The molecule has 0 saturated carbocycles. The van der Waals surface area contributed by atoms with Crippen LogP contribution < -0.4 is 5.32 Å². The van der Waals surface area contributed by atoms with Gasteiger partial charge < -0.3 is 5.32 Å². The first-order valence-electron chi connectivity index (χ1n) is 3.88. The van der Waals surface area contributed by atoms with E-state index in [4.69, 9.17) is 0 Å². The van der Waals surface area contributed by atoms with Gasteiger partial charge >= 0.3 is 0 Å². The van der Waals surface area contributed by atoms with Gasteiger partial charge in [0.15, 0.2) is 0 Å². The lowest BCUT2D eigenvalue weighted by Crippen LogP contribution is -2.23. The summed E-state index contributed by atoms with van der Waals surface area (Å²) in [4.78, 5) is 1.06. The third-order valence-corrected chi connectivity index (χ3v) is 2.35. The fourth-order valence-electron chi connectivity index (χ4n) is 1.47. The zero-order valence-corrected chi connectivity index (χ0v) is 8.42. The van der Waals surface area contributed by atoms with E-state index >= 15 is 0 Å². The minimum absolute atomic E-state index is 0. The van der Waals surface area contributed by atoms with Crippen molar-refractivity contribution >= 4 is 25.0 Å². The van der Waals surface area contributed by atoms with Gasteiger partial charge in [0.05, 0.1) is 0 Å². The summed E-state index contributed by atoms with van der Waals surface area (Å²) < 4.78 is 0. The van der Waals surface area contributed by atoms with Crippen LogP contribution in [0, 0.1) is 0 Å². The van der Waals surface area contributed by atoms with Crippen LogP contribution in [-0.4, -0.2) is 6.54 Å². The van der Waals surface area contributed by atoms with Gasteiger partial charge in [-0.25, -0.2) is 0 Å². The van der Waals surface area contributed by atoms with Gasteiger partial charge in [-0.2, -0.15) is 0 Å². The summed E-state index contributed by atoms with van der Waals surface area (Å²) in [5.74, 6) is 0. The van der Waals surface area contributed by atoms with Gasteiger partial charge in [0, 0.05) is 11.4 Å². The molecule has 1 aromatic carbocycles. The van der Waals surface area contributed by atoms with Crippen molar-refractivity contribution in [1.82, 2.24) is 5.32 Å². The summed E-state index contributed by atoms with van der Waals surface area (Å²) in [6.45, 7) is 2.11. The Labute approximate surface area is 84.4 Å². The van der Waals surface area contributed by atoms with E-state index in [1.54, 1.807) is 0 Å². The molecule has 0 spiro atoms. The minimum Gasteiger partial charge on any atom is -0.312 e. The maximum Gasteiger partial charge on any atom is 0.0208 e. The fraction of sp³-hybridized carbons (Fsp3) is 0.333. The first-order valence-corrected chi connectivity index (χ1v) is 4.32. The van der Waals surface area contributed by atoms with Gasteiger partial charge in [0.1, 0.15) is 0 Å². The van der Waals surface area contributed by atoms with E-state index < -0.39 is 0 Å². The number of nitrogens with one attached hydrogen (secondary N) is 1. The third kappa shape index (κ3) is 1.94.